The predicted octanol–water partition coefficient (Wildman–Crippen LogP) is 3.62. The Balaban J connectivity index is 1.46. The molecule has 3 N–H and O–H groups in total. The van der Waals surface area contributed by atoms with E-state index in [-0.39, 0.29) is 17.6 Å². The fourth-order valence-electron chi connectivity index (χ4n) is 3.85. The highest BCUT2D eigenvalue weighted by atomic mass is 35.5. The minimum absolute atomic E-state index is 0.0340. The van der Waals surface area contributed by atoms with Crippen LogP contribution in [-0.2, 0) is 16.0 Å². The largest absolute Gasteiger partial charge is 0.507 e. The van der Waals surface area contributed by atoms with Crippen molar-refractivity contribution in [3.63, 3.8) is 0 Å². The topological polar surface area (TPSA) is 90.8 Å². The Morgan fingerprint density at radius 2 is 1.88 bits per heavy atom. The van der Waals surface area contributed by atoms with Gasteiger partial charge >= 0.3 is 0 Å². The fourth-order valence-corrected chi connectivity index (χ4v) is 4.05. The van der Waals surface area contributed by atoms with Crippen LogP contribution in [0.3, 0.4) is 0 Å². The molecular weight excluding hydrogens is 426 g/mol. The van der Waals surface area contributed by atoms with Crippen LogP contribution < -0.4 is 10.7 Å². The lowest BCUT2D eigenvalue weighted by molar-refractivity contribution is -0.133. The summed E-state index contributed by atoms with van der Waals surface area (Å²) in [6.07, 6.45) is 1.96. The van der Waals surface area contributed by atoms with Crippen LogP contribution >= 0.6 is 11.6 Å². The van der Waals surface area contributed by atoms with Gasteiger partial charge in [-0.2, -0.15) is 5.10 Å². The second-order valence-corrected chi connectivity index (χ2v) is 8.04. The molecule has 4 rings (SSSR count). The van der Waals surface area contributed by atoms with Gasteiger partial charge in [0.25, 0.3) is 5.91 Å². The Kier molecular flexibility index (Phi) is 6.52. The lowest BCUT2D eigenvalue weighted by Crippen LogP contribution is -2.34. The Bertz CT molecular complexity index is 1160. The number of benzene rings is 3. The van der Waals surface area contributed by atoms with E-state index >= 15 is 0 Å². The van der Waals surface area contributed by atoms with Crippen LogP contribution in [0.5, 0.6) is 5.75 Å². The monoisotopic (exact) mass is 447 g/mol. The summed E-state index contributed by atoms with van der Waals surface area (Å²) in [6, 6.07) is 22.2. The molecule has 162 valence electrons. The van der Waals surface area contributed by atoms with Gasteiger partial charge in [0.15, 0.2) is 0 Å². The number of carbonyl (C=O) groups is 2. The molecule has 0 radical (unpaired) electrons. The second-order valence-electron chi connectivity index (χ2n) is 7.64. The fraction of sp³-hybridized carbons (Fsp3) is 0.160. The summed E-state index contributed by atoms with van der Waals surface area (Å²) in [5.74, 6) is -1.90. The molecule has 2 atom stereocenters. The molecule has 6 nitrogen and oxygen atoms in total. The number of amides is 2. The molecule has 2 amide bonds. The first kappa shape index (κ1) is 21.6. The van der Waals surface area contributed by atoms with Gasteiger partial charge in [0.2, 0.25) is 5.91 Å². The third-order valence-electron chi connectivity index (χ3n) is 5.51. The van der Waals surface area contributed by atoms with Gasteiger partial charge in [-0.1, -0.05) is 66.2 Å². The number of nitrogens with one attached hydrogen (secondary N) is 2. The Morgan fingerprint density at radius 3 is 2.66 bits per heavy atom. The number of halogens is 1. The third kappa shape index (κ3) is 4.81. The number of aromatic hydroxyl groups is 1. The van der Waals surface area contributed by atoms with Gasteiger partial charge in [0.1, 0.15) is 11.7 Å². The maximum absolute atomic E-state index is 12.7. The standard InChI is InChI=1S/C25H22ClN3O3/c26-21-9-5-4-8-18(21)12-16-10-11-22(30)19(13-16)14-28-29-25(32)23-20(15-27-24(23)31)17-6-2-1-3-7-17/h1-11,13-14,20,23,30H,12,15H2,(H,27,31)(H,29,32)/b28-14+/t20-,23+/m0/s1. The number of phenols is 1. The zero-order valence-corrected chi connectivity index (χ0v) is 17.9. The molecule has 0 saturated carbocycles. The first-order chi connectivity index (χ1) is 15.5. The molecule has 32 heavy (non-hydrogen) atoms. The first-order valence-corrected chi connectivity index (χ1v) is 10.6. The SMILES string of the molecule is O=C1NC[C@@H](c2ccccc2)[C@H]1C(=O)N/N=C/c1cc(Cc2ccccc2Cl)ccc1O. The van der Waals surface area contributed by atoms with Crippen LogP contribution in [-0.4, -0.2) is 29.7 Å². The molecule has 1 aliphatic rings. The Morgan fingerprint density at radius 1 is 1.12 bits per heavy atom. The molecule has 0 aliphatic carbocycles. The number of nitrogens with zero attached hydrogens (tertiary/aromatic N) is 1. The molecule has 1 saturated heterocycles. The second kappa shape index (κ2) is 9.66. The molecule has 1 fully saturated rings. The highest BCUT2D eigenvalue weighted by Crippen LogP contribution is 2.29. The van der Waals surface area contributed by atoms with E-state index in [0.717, 1.165) is 16.7 Å². The summed E-state index contributed by atoms with van der Waals surface area (Å²) >= 11 is 6.24. The van der Waals surface area contributed by atoms with Crippen molar-refractivity contribution in [2.24, 2.45) is 11.0 Å². The van der Waals surface area contributed by atoms with E-state index in [9.17, 15) is 14.7 Å². The number of hydrazone groups is 1. The summed E-state index contributed by atoms with van der Waals surface area (Å²) in [5, 5.41) is 17.6. The number of carbonyl (C=O) groups excluding carboxylic acids is 2. The van der Waals surface area contributed by atoms with Crippen molar-refractivity contribution in [1.29, 1.82) is 0 Å². The van der Waals surface area contributed by atoms with Crippen molar-refractivity contribution in [2.45, 2.75) is 12.3 Å². The van der Waals surface area contributed by atoms with Crippen molar-refractivity contribution in [3.8, 4) is 5.75 Å². The highest BCUT2D eigenvalue weighted by molar-refractivity contribution is 6.31. The van der Waals surface area contributed by atoms with Crippen LogP contribution in [0.1, 0.15) is 28.2 Å². The summed E-state index contributed by atoms with van der Waals surface area (Å²) < 4.78 is 0. The van der Waals surface area contributed by atoms with E-state index < -0.39 is 11.8 Å². The van der Waals surface area contributed by atoms with Gasteiger partial charge in [-0.3, -0.25) is 9.59 Å². The minimum atomic E-state index is -0.866. The van der Waals surface area contributed by atoms with Gasteiger partial charge in [-0.25, -0.2) is 5.43 Å². The first-order valence-electron chi connectivity index (χ1n) is 10.2. The minimum Gasteiger partial charge on any atom is -0.507 e. The summed E-state index contributed by atoms with van der Waals surface area (Å²) in [6.45, 7) is 0.398. The van der Waals surface area contributed by atoms with Crippen LogP contribution in [0, 0.1) is 5.92 Å². The van der Waals surface area contributed by atoms with Crippen molar-refractivity contribution < 1.29 is 14.7 Å². The molecule has 3 aromatic rings. The number of rotatable bonds is 6. The number of phenolic OH excluding ortho intramolecular Hbond substituents is 1. The lowest BCUT2D eigenvalue weighted by Gasteiger charge is -2.15. The smallest absolute Gasteiger partial charge is 0.253 e. The van der Waals surface area contributed by atoms with Crippen molar-refractivity contribution in [1.82, 2.24) is 10.7 Å². The molecule has 7 heteroatoms. The third-order valence-corrected chi connectivity index (χ3v) is 5.88. The maximum atomic E-state index is 12.7. The highest BCUT2D eigenvalue weighted by Gasteiger charge is 2.40. The molecule has 0 spiro atoms. The summed E-state index contributed by atoms with van der Waals surface area (Å²) in [7, 11) is 0. The Hall–Kier alpha value is -3.64. The van der Waals surface area contributed by atoms with Crippen molar-refractivity contribution in [2.75, 3.05) is 6.54 Å². The Labute approximate surface area is 190 Å². The molecule has 0 unspecified atom stereocenters. The zero-order chi connectivity index (χ0) is 22.5. The molecule has 1 aliphatic heterocycles. The van der Waals surface area contributed by atoms with Crippen molar-refractivity contribution >= 4 is 29.6 Å². The number of hydrogen-bond donors (Lipinski definition) is 3. The van der Waals surface area contributed by atoms with Gasteiger partial charge in [-0.15, -0.1) is 0 Å². The van der Waals surface area contributed by atoms with E-state index in [0.29, 0.717) is 23.6 Å². The molecule has 3 aromatic carbocycles. The van der Waals surface area contributed by atoms with Gasteiger partial charge < -0.3 is 10.4 Å². The van der Waals surface area contributed by atoms with Gasteiger partial charge in [0, 0.05) is 23.0 Å². The molecular formula is C25H22ClN3O3. The van der Waals surface area contributed by atoms with Crippen LogP contribution in [0.2, 0.25) is 5.02 Å². The van der Waals surface area contributed by atoms with E-state index in [4.69, 9.17) is 11.6 Å². The van der Waals surface area contributed by atoms with E-state index in [1.807, 2.05) is 60.7 Å². The normalized spacial score (nSPS) is 18.0. The quantitative estimate of drug-likeness (QED) is 0.306. The number of hydrogen-bond acceptors (Lipinski definition) is 4. The zero-order valence-electron chi connectivity index (χ0n) is 17.2. The average molecular weight is 448 g/mol. The van der Waals surface area contributed by atoms with E-state index in [2.05, 4.69) is 15.8 Å². The lowest BCUT2D eigenvalue weighted by atomic mass is 9.88. The predicted molar refractivity (Wildman–Crippen MR) is 124 cm³/mol. The van der Waals surface area contributed by atoms with Crippen LogP contribution in [0.15, 0.2) is 77.9 Å². The van der Waals surface area contributed by atoms with Crippen molar-refractivity contribution in [3.05, 3.63) is 100 Å². The molecule has 0 aromatic heterocycles. The average Bonchev–Trinajstić information content (AvgIpc) is 3.19. The van der Waals surface area contributed by atoms with E-state index in [1.165, 1.54) is 6.21 Å². The van der Waals surface area contributed by atoms with Gasteiger partial charge in [0.05, 0.1) is 6.21 Å². The summed E-state index contributed by atoms with van der Waals surface area (Å²) in [4.78, 5) is 25.0. The maximum Gasteiger partial charge on any atom is 0.253 e. The molecule has 1 heterocycles. The molecule has 0 bridgehead atoms. The van der Waals surface area contributed by atoms with Gasteiger partial charge in [-0.05, 0) is 41.3 Å². The summed E-state index contributed by atoms with van der Waals surface area (Å²) in [5.41, 5.74) is 5.71. The van der Waals surface area contributed by atoms with E-state index in [1.54, 1.807) is 12.1 Å². The van der Waals surface area contributed by atoms with Crippen LogP contribution in [0.25, 0.3) is 0 Å². The van der Waals surface area contributed by atoms with Crippen LogP contribution in [0.4, 0.5) is 0 Å².